The standard InChI is InChI=1S/C42H40FN3O/c1-41(2,3)31-21-29(22-32(26-31)42(4,5)6)30-24-37(45-38(25-30)36-27-33(43)18-19-39(36)47)28-13-12-16-35(23-28)46(34-14-8-7-9-15-34)40-17-10-11-20-44-40/h7-27,47H,1-6H3. The van der Waals surface area contributed by atoms with E-state index in [9.17, 15) is 9.50 Å². The van der Waals surface area contributed by atoms with Gasteiger partial charge in [0.05, 0.1) is 11.4 Å². The van der Waals surface area contributed by atoms with Crippen LogP contribution in [0.2, 0.25) is 0 Å². The fourth-order valence-electron chi connectivity index (χ4n) is 5.64. The van der Waals surface area contributed by atoms with Crippen LogP contribution in [0.25, 0.3) is 33.6 Å². The van der Waals surface area contributed by atoms with Crippen molar-refractivity contribution < 1.29 is 9.50 Å². The lowest BCUT2D eigenvalue weighted by Gasteiger charge is -2.26. The third-order valence-corrected chi connectivity index (χ3v) is 8.35. The summed E-state index contributed by atoms with van der Waals surface area (Å²) in [5, 5.41) is 10.9. The molecule has 0 aliphatic carbocycles. The Labute approximate surface area is 277 Å². The van der Waals surface area contributed by atoms with Crippen LogP contribution in [0.3, 0.4) is 0 Å². The number of aromatic nitrogens is 2. The molecule has 0 unspecified atom stereocenters. The maximum atomic E-state index is 14.6. The van der Waals surface area contributed by atoms with Gasteiger partial charge in [-0.2, -0.15) is 0 Å². The predicted molar refractivity (Wildman–Crippen MR) is 192 cm³/mol. The van der Waals surface area contributed by atoms with Crippen LogP contribution in [0.4, 0.5) is 21.6 Å². The molecule has 2 heterocycles. The fraction of sp³-hybridized carbons (Fsp3) is 0.190. The second-order valence-corrected chi connectivity index (χ2v) is 14.0. The Morgan fingerprint density at radius 2 is 1.21 bits per heavy atom. The molecule has 0 saturated carbocycles. The van der Waals surface area contributed by atoms with Crippen molar-refractivity contribution in [2.24, 2.45) is 0 Å². The van der Waals surface area contributed by atoms with E-state index in [2.05, 4.69) is 100.0 Å². The van der Waals surface area contributed by atoms with Crippen LogP contribution in [-0.4, -0.2) is 15.1 Å². The van der Waals surface area contributed by atoms with Crippen molar-refractivity contribution in [3.05, 3.63) is 144 Å². The minimum atomic E-state index is -0.438. The Bertz CT molecular complexity index is 1950. The molecule has 0 saturated heterocycles. The van der Waals surface area contributed by atoms with Crippen LogP contribution in [0.15, 0.2) is 128 Å². The van der Waals surface area contributed by atoms with E-state index < -0.39 is 5.82 Å². The lowest BCUT2D eigenvalue weighted by atomic mass is 9.79. The Hall–Kier alpha value is -5.29. The molecule has 6 aromatic rings. The van der Waals surface area contributed by atoms with Crippen LogP contribution >= 0.6 is 0 Å². The number of para-hydroxylation sites is 1. The van der Waals surface area contributed by atoms with Gasteiger partial charge in [0.25, 0.3) is 0 Å². The van der Waals surface area contributed by atoms with Gasteiger partial charge >= 0.3 is 0 Å². The molecule has 5 heteroatoms. The van der Waals surface area contributed by atoms with Crippen LogP contribution in [0.5, 0.6) is 5.75 Å². The first-order valence-corrected chi connectivity index (χ1v) is 15.9. The predicted octanol–water partition coefficient (Wildman–Crippen LogP) is 11.4. The van der Waals surface area contributed by atoms with Crippen LogP contribution in [0, 0.1) is 5.82 Å². The topological polar surface area (TPSA) is 49.2 Å². The highest BCUT2D eigenvalue weighted by molar-refractivity contribution is 5.82. The molecule has 0 atom stereocenters. The van der Waals surface area contributed by atoms with Gasteiger partial charge in [-0.05, 0) is 99.8 Å². The van der Waals surface area contributed by atoms with Gasteiger partial charge in [0.1, 0.15) is 17.4 Å². The summed E-state index contributed by atoms with van der Waals surface area (Å²) in [4.78, 5) is 11.8. The molecular weight excluding hydrogens is 581 g/mol. The summed E-state index contributed by atoms with van der Waals surface area (Å²) in [6.45, 7) is 13.3. The summed E-state index contributed by atoms with van der Waals surface area (Å²) in [5.41, 5.74) is 8.58. The number of pyridine rings is 2. The summed E-state index contributed by atoms with van der Waals surface area (Å²) in [6, 6.07) is 38.9. The summed E-state index contributed by atoms with van der Waals surface area (Å²) in [5.74, 6) is 0.323. The maximum absolute atomic E-state index is 14.6. The van der Waals surface area contributed by atoms with Gasteiger partial charge < -0.3 is 5.11 Å². The highest BCUT2D eigenvalue weighted by Gasteiger charge is 2.22. The highest BCUT2D eigenvalue weighted by Crippen LogP contribution is 2.40. The molecule has 4 nitrogen and oxygen atoms in total. The third-order valence-electron chi connectivity index (χ3n) is 8.35. The number of anilines is 3. The first kappa shape index (κ1) is 31.7. The zero-order chi connectivity index (χ0) is 33.3. The van der Waals surface area contributed by atoms with Gasteiger partial charge in [0.15, 0.2) is 0 Å². The summed E-state index contributed by atoms with van der Waals surface area (Å²) < 4.78 is 14.6. The number of aromatic hydroxyl groups is 1. The van der Waals surface area contributed by atoms with Crippen LogP contribution in [0.1, 0.15) is 52.7 Å². The van der Waals surface area contributed by atoms with E-state index in [0.717, 1.165) is 33.9 Å². The van der Waals surface area contributed by atoms with Gasteiger partial charge in [0.2, 0.25) is 0 Å². The molecule has 0 aliphatic rings. The van der Waals surface area contributed by atoms with E-state index in [1.54, 1.807) is 6.20 Å². The van der Waals surface area contributed by atoms with E-state index in [0.29, 0.717) is 17.0 Å². The number of phenolic OH excluding ortho intramolecular Hbond substituents is 1. The van der Waals surface area contributed by atoms with Crippen LogP contribution in [-0.2, 0) is 10.8 Å². The van der Waals surface area contributed by atoms with Crippen molar-refractivity contribution in [2.75, 3.05) is 4.90 Å². The summed E-state index contributed by atoms with van der Waals surface area (Å²) in [6.07, 6.45) is 1.79. The number of hydrogen-bond donors (Lipinski definition) is 1. The van der Waals surface area contributed by atoms with Crippen molar-refractivity contribution in [3.63, 3.8) is 0 Å². The molecule has 47 heavy (non-hydrogen) atoms. The van der Waals surface area contributed by atoms with E-state index >= 15 is 0 Å². The van der Waals surface area contributed by atoms with E-state index in [1.165, 1.54) is 29.3 Å². The number of rotatable bonds is 6. The second kappa shape index (κ2) is 12.5. The molecule has 236 valence electrons. The average Bonchev–Trinajstić information content (AvgIpc) is 3.06. The Balaban J connectivity index is 1.58. The molecule has 2 aromatic heterocycles. The van der Waals surface area contributed by atoms with E-state index in [4.69, 9.17) is 4.98 Å². The SMILES string of the molecule is CC(C)(C)c1cc(-c2cc(-c3cccc(N(c4ccccc4)c4ccccn4)c3)nc(-c3cc(F)ccc3O)c2)cc(C(C)(C)C)c1. The monoisotopic (exact) mass is 621 g/mol. The molecule has 0 amide bonds. The number of halogens is 1. The van der Waals surface area contributed by atoms with Gasteiger partial charge in [0, 0.05) is 28.7 Å². The lowest BCUT2D eigenvalue weighted by Crippen LogP contribution is -2.16. The molecule has 0 radical (unpaired) electrons. The van der Waals surface area contributed by atoms with Gasteiger partial charge in [-0.25, -0.2) is 14.4 Å². The van der Waals surface area contributed by atoms with E-state index in [-0.39, 0.29) is 16.6 Å². The minimum Gasteiger partial charge on any atom is -0.507 e. The molecule has 0 spiro atoms. The van der Waals surface area contributed by atoms with Crippen molar-refractivity contribution >= 4 is 17.2 Å². The zero-order valence-corrected chi connectivity index (χ0v) is 27.8. The maximum Gasteiger partial charge on any atom is 0.137 e. The summed E-state index contributed by atoms with van der Waals surface area (Å²) >= 11 is 0. The largest absolute Gasteiger partial charge is 0.507 e. The molecule has 1 N–H and O–H groups in total. The van der Waals surface area contributed by atoms with Crippen LogP contribution < -0.4 is 4.90 Å². The first-order valence-electron chi connectivity index (χ1n) is 15.9. The number of phenols is 1. The van der Waals surface area contributed by atoms with Crippen molar-refractivity contribution in [1.29, 1.82) is 0 Å². The quantitative estimate of drug-likeness (QED) is 0.201. The third kappa shape index (κ3) is 6.95. The van der Waals surface area contributed by atoms with Crippen molar-refractivity contribution in [3.8, 4) is 39.4 Å². The van der Waals surface area contributed by atoms with E-state index in [1.807, 2.05) is 54.6 Å². The Kier molecular flexibility index (Phi) is 8.42. The summed E-state index contributed by atoms with van der Waals surface area (Å²) in [7, 11) is 0. The molecule has 0 aliphatic heterocycles. The fourth-order valence-corrected chi connectivity index (χ4v) is 5.64. The molecule has 0 bridgehead atoms. The number of benzene rings is 4. The zero-order valence-electron chi connectivity index (χ0n) is 27.8. The minimum absolute atomic E-state index is 0.0278. The molecular formula is C42H40FN3O. The van der Waals surface area contributed by atoms with Crippen molar-refractivity contribution in [2.45, 2.75) is 52.4 Å². The second-order valence-electron chi connectivity index (χ2n) is 14.0. The normalized spacial score (nSPS) is 11.8. The smallest absolute Gasteiger partial charge is 0.137 e. The molecule has 6 rings (SSSR count). The lowest BCUT2D eigenvalue weighted by molar-refractivity contribution is 0.475. The van der Waals surface area contributed by atoms with Gasteiger partial charge in [-0.3, -0.25) is 4.90 Å². The van der Waals surface area contributed by atoms with Gasteiger partial charge in [-0.15, -0.1) is 0 Å². The van der Waals surface area contributed by atoms with Gasteiger partial charge in [-0.1, -0.05) is 96.1 Å². The highest BCUT2D eigenvalue weighted by atomic mass is 19.1. The average molecular weight is 622 g/mol. The Morgan fingerprint density at radius 1 is 0.574 bits per heavy atom. The molecule has 0 fully saturated rings. The Morgan fingerprint density at radius 3 is 1.87 bits per heavy atom. The number of hydrogen-bond acceptors (Lipinski definition) is 4. The first-order chi connectivity index (χ1) is 22.4. The van der Waals surface area contributed by atoms with Crippen molar-refractivity contribution in [1.82, 2.24) is 9.97 Å². The molecule has 4 aromatic carbocycles. The number of nitrogens with zero attached hydrogens (tertiary/aromatic N) is 3.